The number of aromatic nitrogens is 3. The van der Waals surface area contributed by atoms with Gasteiger partial charge in [-0.05, 0) is 17.7 Å². The van der Waals surface area contributed by atoms with E-state index in [-0.39, 0.29) is 24.2 Å². The molecular weight excluding hydrogens is 428 g/mol. The van der Waals surface area contributed by atoms with Gasteiger partial charge in [0.05, 0.1) is 35.7 Å². The SMILES string of the molecule is O[C@@H]1OC[C@H]2[C@@H]1OC[C@H]2Oc1nc2nc(NC3CSc4ccccc43)c(Cl)cc2[nH]1. The Kier molecular flexibility index (Phi) is 4.54. The Labute approximate surface area is 181 Å². The van der Waals surface area contributed by atoms with E-state index < -0.39 is 6.29 Å². The van der Waals surface area contributed by atoms with Gasteiger partial charge in [-0.25, -0.2) is 4.98 Å². The van der Waals surface area contributed by atoms with Gasteiger partial charge in [-0.2, -0.15) is 4.98 Å². The molecule has 1 aromatic carbocycles. The molecule has 0 amide bonds. The summed E-state index contributed by atoms with van der Waals surface area (Å²) in [5.74, 6) is 1.49. The van der Waals surface area contributed by atoms with Crippen molar-refractivity contribution in [3.63, 3.8) is 0 Å². The number of fused-ring (bicyclic) bond motifs is 3. The van der Waals surface area contributed by atoms with E-state index in [0.29, 0.717) is 41.2 Å². The molecule has 2 saturated heterocycles. The van der Waals surface area contributed by atoms with Crippen LogP contribution in [0, 0.1) is 5.92 Å². The molecule has 0 bridgehead atoms. The number of nitrogens with one attached hydrogen (secondary N) is 2. The first-order valence-electron chi connectivity index (χ1n) is 9.78. The third kappa shape index (κ3) is 3.12. The molecule has 8 nitrogen and oxygen atoms in total. The first-order chi connectivity index (χ1) is 14.7. The highest BCUT2D eigenvalue weighted by atomic mass is 35.5. The Hall–Kier alpha value is -2.04. The number of aliphatic hydroxyl groups is 1. The molecule has 3 aliphatic heterocycles. The van der Waals surface area contributed by atoms with Crippen molar-refractivity contribution in [2.45, 2.75) is 29.4 Å². The first-order valence-corrected chi connectivity index (χ1v) is 11.1. The molecule has 3 aromatic rings. The summed E-state index contributed by atoms with van der Waals surface area (Å²) < 4.78 is 16.8. The summed E-state index contributed by atoms with van der Waals surface area (Å²) in [5, 5.41) is 13.7. The highest BCUT2D eigenvalue weighted by Gasteiger charge is 2.48. The number of thioether (sulfide) groups is 1. The number of rotatable bonds is 4. The van der Waals surface area contributed by atoms with Gasteiger partial charge in [0.1, 0.15) is 18.0 Å². The molecular formula is C20H19ClN4O4S. The van der Waals surface area contributed by atoms with E-state index >= 15 is 0 Å². The standard InChI is InChI=1S/C20H19ClN4O4S/c21-11-5-12-18(24-17(11)22-13-8-30-15-4-2-1-3-9(13)15)25-20(23-12)29-14-7-27-16-10(14)6-28-19(16)26/h1-5,10,13-14,16,19,26H,6-8H2,(H2,22,23,24,25)/t10-,13?,14-,16+,19-/m1/s1. The predicted octanol–water partition coefficient (Wildman–Crippen LogP) is 2.98. The van der Waals surface area contributed by atoms with E-state index in [9.17, 15) is 5.11 Å². The number of nitrogens with zero attached hydrogens (tertiary/aromatic N) is 2. The maximum atomic E-state index is 9.78. The fourth-order valence-electron chi connectivity index (χ4n) is 4.23. The Morgan fingerprint density at radius 1 is 1.23 bits per heavy atom. The van der Waals surface area contributed by atoms with Gasteiger partial charge in [-0.1, -0.05) is 29.8 Å². The predicted molar refractivity (Wildman–Crippen MR) is 112 cm³/mol. The summed E-state index contributed by atoms with van der Waals surface area (Å²) in [5.41, 5.74) is 2.47. The summed E-state index contributed by atoms with van der Waals surface area (Å²) in [6.45, 7) is 0.780. The molecule has 2 fully saturated rings. The summed E-state index contributed by atoms with van der Waals surface area (Å²) in [6, 6.07) is 10.6. The van der Waals surface area contributed by atoms with Crippen LogP contribution in [0.2, 0.25) is 5.02 Å². The maximum absolute atomic E-state index is 9.78. The van der Waals surface area contributed by atoms with Crippen molar-refractivity contribution < 1.29 is 19.3 Å². The van der Waals surface area contributed by atoms with E-state index in [1.165, 1.54) is 10.5 Å². The molecule has 2 aromatic heterocycles. The van der Waals surface area contributed by atoms with Crippen molar-refractivity contribution in [1.29, 1.82) is 0 Å². The van der Waals surface area contributed by atoms with Crippen LogP contribution in [0.15, 0.2) is 35.2 Å². The molecule has 10 heteroatoms. The van der Waals surface area contributed by atoms with E-state index in [0.717, 1.165) is 5.75 Å². The highest BCUT2D eigenvalue weighted by molar-refractivity contribution is 7.99. The van der Waals surface area contributed by atoms with Crippen LogP contribution in [0.5, 0.6) is 6.01 Å². The number of hydrogen-bond acceptors (Lipinski definition) is 8. The van der Waals surface area contributed by atoms with Crippen molar-refractivity contribution in [2.75, 3.05) is 24.3 Å². The second-order valence-corrected chi connectivity index (χ2v) is 9.09. The smallest absolute Gasteiger partial charge is 0.296 e. The Bertz CT molecular complexity index is 1110. The number of imidazole rings is 1. The number of halogens is 1. The number of benzene rings is 1. The topological polar surface area (TPSA) is 102 Å². The van der Waals surface area contributed by atoms with Gasteiger partial charge in [0.2, 0.25) is 0 Å². The number of pyridine rings is 1. The van der Waals surface area contributed by atoms with E-state index in [1.807, 2.05) is 23.9 Å². The van der Waals surface area contributed by atoms with Crippen LogP contribution in [0.4, 0.5) is 5.82 Å². The van der Waals surface area contributed by atoms with Gasteiger partial charge in [0, 0.05) is 10.6 Å². The molecule has 3 N–H and O–H groups in total. The van der Waals surface area contributed by atoms with Crippen LogP contribution < -0.4 is 10.1 Å². The lowest BCUT2D eigenvalue weighted by Crippen LogP contribution is -2.30. The summed E-state index contributed by atoms with van der Waals surface area (Å²) in [6.07, 6.45) is -1.49. The average molecular weight is 447 g/mol. The molecule has 1 unspecified atom stereocenters. The van der Waals surface area contributed by atoms with Gasteiger partial charge < -0.3 is 29.6 Å². The minimum atomic E-state index is -0.896. The number of anilines is 1. The fraction of sp³-hybridized carbons (Fsp3) is 0.400. The molecule has 156 valence electrons. The Morgan fingerprint density at radius 2 is 2.13 bits per heavy atom. The number of H-pyrrole nitrogens is 1. The zero-order valence-corrected chi connectivity index (χ0v) is 17.3. The number of hydrogen-bond donors (Lipinski definition) is 3. The third-order valence-corrected chi connectivity index (χ3v) is 7.24. The maximum Gasteiger partial charge on any atom is 0.296 e. The van der Waals surface area contributed by atoms with Gasteiger partial charge >= 0.3 is 0 Å². The zero-order valence-electron chi connectivity index (χ0n) is 15.7. The Balaban J connectivity index is 1.23. The lowest BCUT2D eigenvalue weighted by molar-refractivity contribution is -0.123. The summed E-state index contributed by atoms with van der Waals surface area (Å²) >= 11 is 8.31. The minimum Gasteiger partial charge on any atom is -0.458 e. The molecule has 6 rings (SSSR count). The van der Waals surface area contributed by atoms with Crippen molar-refractivity contribution in [3.8, 4) is 6.01 Å². The fourth-order valence-corrected chi connectivity index (χ4v) is 5.60. The summed E-state index contributed by atoms with van der Waals surface area (Å²) in [4.78, 5) is 13.5. The van der Waals surface area contributed by atoms with E-state index in [2.05, 4.69) is 32.4 Å². The summed E-state index contributed by atoms with van der Waals surface area (Å²) in [7, 11) is 0. The van der Waals surface area contributed by atoms with Gasteiger partial charge in [0.25, 0.3) is 6.01 Å². The van der Waals surface area contributed by atoms with Crippen LogP contribution in [0.3, 0.4) is 0 Å². The van der Waals surface area contributed by atoms with Crippen LogP contribution in [0.1, 0.15) is 11.6 Å². The lowest BCUT2D eigenvalue weighted by Gasteiger charge is -2.14. The monoisotopic (exact) mass is 446 g/mol. The minimum absolute atomic E-state index is 0.0260. The quantitative estimate of drug-likeness (QED) is 0.562. The van der Waals surface area contributed by atoms with Crippen LogP contribution in [-0.4, -0.2) is 57.5 Å². The number of ether oxygens (including phenoxy) is 3. The zero-order chi connectivity index (χ0) is 20.2. The van der Waals surface area contributed by atoms with Crippen LogP contribution >= 0.6 is 23.4 Å². The van der Waals surface area contributed by atoms with E-state index in [4.69, 9.17) is 25.8 Å². The van der Waals surface area contributed by atoms with Crippen LogP contribution in [-0.2, 0) is 9.47 Å². The van der Waals surface area contributed by atoms with Gasteiger partial charge in [0.15, 0.2) is 11.9 Å². The molecule has 0 radical (unpaired) electrons. The molecule has 5 heterocycles. The van der Waals surface area contributed by atoms with Crippen LogP contribution in [0.25, 0.3) is 11.2 Å². The van der Waals surface area contributed by atoms with Crippen molar-refractivity contribution in [2.24, 2.45) is 5.92 Å². The molecule has 0 saturated carbocycles. The first kappa shape index (κ1) is 18.7. The molecule has 0 aliphatic carbocycles. The lowest BCUT2D eigenvalue weighted by atomic mass is 10.0. The normalized spacial score (nSPS) is 29.9. The number of aromatic amines is 1. The molecule has 0 spiro atoms. The highest BCUT2D eigenvalue weighted by Crippen LogP contribution is 2.40. The third-order valence-electron chi connectivity index (χ3n) is 5.77. The molecule has 3 aliphatic rings. The number of aliphatic hydroxyl groups excluding tert-OH is 1. The molecule has 5 atom stereocenters. The largest absolute Gasteiger partial charge is 0.458 e. The second kappa shape index (κ2) is 7.28. The van der Waals surface area contributed by atoms with Crippen molar-refractivity contribution in [1.82, 2.24) is 15.0 Å². The van der Waals surface area contributed by atoms with Crippen molar-refractivity contribution in [3.05, 3.63) is 40.9 Å². The molecule has 30 heavy (non-hydrogen) atoms. The van der Waals surface area contributed by atoms with E-state index in [1.54, 1.807) is 6.07 Å². The second-order valence-electron chi connectivity index (χ2n) is 7.62. The van der Waals surface area contributed by atoms with Gasteiger partial charge in [-0.15, -0.1) is 11.8 Å². The van der Waals surface area contributed by atoms with Crippen molar-refractivity contribution >= 4 is 40.3 Å². The van der Waals surface area contributed by atoms with Gasteiger partial charge in [-0.3, -0.25) is 0 Å². The Morgan fingerprint density at radius 3 is 3.07 bits per heavy atom. The average Bonchev–Trinajstić information content (AvgIpc) is 3.49.